The summed E-state index contributed by atoms with van der Waals surface area (Å²) in [4.78, 5) is 11.7. The van der Waals surface area contributed by atoms with E-state index in [9.17, 15) is 4.79 Å². The van der Waals surface area contributed by atoms with Gasteiger partial charge >= 0.3 is 6.03 Å². The lowest BCUT2D eigenvalue weighted by Gasteiger charge is -2.15. The average molecular weight is 282 g/mol. The van der Waals surface area contributed by atoms with E-state index in [1.54, 1.807) is 21.3 Å². The van der Waals surface area contributed by atoms with E-state index in [1.807, 2.05) is 25.1 Å². The molecule has 0 saturated carbocycles. The van der Waals surface area contributed by atoms with Crippen molar-refractivity contribution in [3.63, 3.8) is 0 Å². The molecule has 1 rings (SSSR count). The second kappa shape index (κ2) is 8.27. The first-order valence-corrected chi connectivity index (χ1v) is 6.35. The van der Waals surface area contributed by atoms with Crippen molar-refractivity contribution in [1.29, 1.82) is 0 Å². The lowest BCUT2D eigenvalue weighted by molar-refractivity contribution is 0.171. The molecular weight excluding hydrogens is 260 g/mol. The van der Waals surface area contributed by atoms with Crippen molar-refractivity contribution in [3.05, 3.63) is 23.8 Å². The number of methoxy groups -OCH3 is 3. The van der Waals surface area contributed by atoms with Gasteiger partial charge in [-0.1, -0.05) is 12.1 Å². The quantitative estimate of drug-likeness (QED) is 0.796. The van der Waals surface area contributed by atoms with Crippen molar-refractivity contribution < 1.29 is 19.0 Å². The monoisotopic (exact) mass is 282 g/mol. The fraction of sp³-hybridized carbons (Fsp3) is 0.500. The molecule has 0 fully saturated rings. The second-order valence-electron chi connectivity index (χ2n) is 4.34. The summed E-state index contributed by atoms with van der Waals surface area (Å²) < 4.78 is 15.5. The molecule has 0 aliphatic rings. The van der Waals surface area contributed by atoms with Crippen LogP contribution in [-0.2, 0) is 11.3 Å². The minimum absolute atomic E-state index is 0.0489. The highest BCUT2D eigenvalue weighted by atomic mass is 16.5. The summed E-state index contributed by atoms with van der Waals surface area (Å²) in [5.74, 6) is 1.26. The third-order valence-corrected chi connectivity index (χ3v) is 2.72. The molecule has 0 radical (unpaired) electrons. The standard InChI is InChI=1S/C14H22N2O4/c1-10(9-18-2)16-14(17)15-8-11-6-5-7-12(19-3)13(11)20-4/h5-7,10H,8-9H2,1-4H3,(H2,15,16,17). The molecule has 1 atom stereocenters. The van der Waals surface area contributed by atoms with Crippen LogP contribution in [0.15, 0.2) is 18.2 Å². The predicted octanol–water partition coefficient (Wildman–Crippen LogP) is 1.54. The molecule has 6 heteroatoms. The lowest BCUT2D eigenvalue weighted by Crippen LogP contribution is -2.42. The van der Waals surface area contributed by atoms with Crippen LogP contribution in [0.4, 0.5) is 4.79 Å². The molecule has 0 aliphatic heterocycles. The zero-order valence-corrected chi connectivity index (χ0v) is 12.4. The van der Waals surface area contributed by atoms with E-state index in [2.05, 4.69) is 10.6 Å². The van der Waals surface area contributed by atoms with Crippen LogP contribution in [0.1, 0.15) is 12.5 Å². The highest BCUT2D eigenvalue weighted by Gasteiger charge is 2.11. The number of rotatable bonds is 7. The summed E-state index contributed by atoms with van der Waals surface area (Å²) >= 11 is 0. The molecule has 20 heavy (non-hydrogen) atoms. The van der Waals surface area contributed by atoms with Gasteiger partial charge < -0.3 is 24.8 Å². The van der Waals surface area contributed by atoms with E-state index in [4.69, 9.17) is 14.2 Å². The number of hydrogen-bond acceptors (Lipinski definition) is 4. The molecule has 0 spiro atoms. The van der Waals surface area contributed by atoms with Gasteiger partial charge in [0, 0.05) is 19.2 Å². The molecule has 0 bridgehead atoms. The van der Waals surface area contributed by atoms with Gasteiger partial charge in [-0.3, -0.25) is 0 Å². The number of benzene rings is 1. The molecule has 0 aromatic heterocycles. The third kappa shape index (κ3) is 4.62. The van der Waals surface area contributed by atoms with E-state index in [0.29, 0.717) is 24.7 Å². The van der Waals surface area contributed by atoms with Crippen LogP contribution in [0.3, 0.4) is 0 Å². The fourth-order valence-electron chi connectivity index (χ4n) is 1.83. The first-order valence-electron chi connectivity index (χ1n) is 6.35. The molecule has 0 saturated heterocycles. The molecule has 6 nitrogen and oxygen atoms in total. The number of amides is 2. The Hall–Kier alpha value is -1.95. The first-order chi connectivity index (χ1) is 9.62. The first kappa shape index (κ1) is 16.1. The topological polar surface area (TPSA) is 68.8 Å². The maximum absolute atomic E-state index is 11.7. The van der Waals surface area contributed by atoms with Gasteiger partial charge in [0.05, 0.1) is 26.9 Å². The van der Waals surface area contributed by atoms with Gasteiger partial charge in [0.2, 0.25) is 0 Å². The highest BCUT2D eigenvalue weighted by Crippen LogP contribution is 2.30. The molecule has 112 valence electrons. The van der Waals surface area contributed by atoms with Gasteiger partial charge in [-0.15, -0.1) is 0 Å². The smallest absolute Gasteiger partial charge is 0.315 e. The van der Waals surface area contributed by atoms with Crippen molar-refractivity contribution in [2.24, 2.45) is 0 Å². The van der Waals surface area contributed by atoms with Crippen LogP contribution < -0.4 is 20.1 Å². The second-order valence-corrected chi connectivity index (χ2v) is 4.34. The van der Waals surface area contributed by atoms with Gasteiger partial charge in [-0.2, -0.15) is 0 Å². The summed E-state index contributed by atoms with van der Waals surface area (Å²) in [5.41, 5.74) is 0.849. The van der Waals surface area contributed by atoms with Crippen LogP contribution in [0.5, 0.6) is 11.5 Å². The van der Waals surface area contributed by atoms with Crippen molar-refractivity contribution >= 4 is 6.03 Å². The summed E-state index contributed by atoms with van der Waals surface area (Å²) in [5, 5.41) is 5.54. The predicted molar refractivity (Wildman–Crippen MR) is 76.3 cm³/mol. The van der Waals surface area contributed by atoms with Crippen LogP contribution in [0.2, 0.25) is 0 Å². The van der Waals surface area contributed by atoms with E-state index >= 15 is 0 Å². The molecule has 2 amide bonds. The lowest BCUT2D eigenvalue weighted by atomic mass is 10.2. The summed E-state index contributed by atoms with van der Waals surface area (Å²) in [7, 11) is 4.74. The largest absolute Gasteiger partial charge is 0.493 e. The molecule has 0 heterocycles. The Bertz CT molecular complexity index is 437. The van der Waals surface area contributed by atoms with Gasteiger partial charge in [-0.25, -0.2) is 4.79 Å². The van der Waals surface area contributed by atoms with Crippen molar-refractivity contribution in [2.75, 3.05) is 27.9 Å². The Morgan fingerprint density at radius 2 is 2.00 bits per heavy atom. The average Bonchev–Trinajstić information content (AvgIpc) is 2.44. The Morgan fingerprint density at radius 1 is 1.25 bits per heavy atom. The van der Waals surface area contributed by atoms with Crippen LogP contribution in [0, 0.1) is 0 Å². The molecule has 1 aromatic carbocycles. The van der Waals surface area contributed by atoms with Crippen molar-refractivity contribution in [1.82, 2.24) is 10.6 Å². The Labute approximate surface area is 119 Å². The minimum atomic E-state index is -0.251. The number of carbonyl (C=O) groups is 1. The molecule has 2 N–H and O–H groups in total. The third-order valence-electron chi connectivity index (χ3n) is 2.72. The maximum Gasteiger partial charge on any atom is 0.315 e. The number of para-hydroxylation sites is 1. The zero-order chi connectivity index (χ0) is 15.0. The number of carbonyl (C=O) groups excluding carboxylic acids is 1. The van der Waals surface area contributed by atoms with Gasteiger partial charge in [0.1, 0.15) is 0 Å². The molecular formula is C14H22N2O4. The van der Waals surface area contributed by atoms with E-state index in [0.717, 1.165) is 5.56 Å². The number of urea groups is 1. The Balaban J connectivity index is 2.59. The number of nitrogens with one attached hydrogen (secondary N) is 2. The van der Waals surface area contributed by atoms with Crippen LogP contribution >= 0.6 is 0 Å². The van der Waals surface area contributed by atoms with E-state index in [-0.39, 0.29) is 12.1 Å². The highest BCUT2D eigenvalue weighted by molar-refractivity contribution is 5.74. The molecule has 1 aromatic rings. The summed E-state index contributed by atoms with van der Waals surface area (Å²) in [6, 6.07) is 5.24. The van der Waals surface area contributed by atoms with Crippen LogP contribution in [0.25, 0.3) is 0 Å². The normalized spacial score (nSPS) is 11.6. The number of ether oxygens (including phenoxy) is 3. The van der Waals surface area contributed by atoms with Crippen molar-refractivity contribution in [2.45, 2.75) is 19.5 Å². The Morgan fingerprint density at radius 3 is 2.60 bits per heavy atom. The Kier molecular flexibility index (Phi) is 6.66. The molecule has 1 unspecified atom stereocenters. The van der Waals surface area contributed by atoms with Gasteiger partial charge in [-0.05, 0) is 13.0 Å². The zero-order valence-electron chi connectivity index (χ0n) is 12.4. The SMILES string of the molecule is COCC(C)NC(=O)NCc1cccc(OC)c1OC. The summed E-state index contributed by atoms with van der Waals surface area (Å²) in [6.07, 6.45) is 0. The minimum Gasteiger partial charge on any atom is -0.493 e. The van der Waals surface area contributed by atoms with Crippen LogP contribution in [-0.4, -0.2) is 40.0 Å². The fourth-order valence-corrected chi connectivity index (χ4v) is 1.83. The summed E-state index contributed by atoms with van der Waals surface area (Å²) in [6.45, 7) is 2.69. The van der Waals surface area contributed by atoms with Crippen molar-refractivity contribution in [3.8, 4) is 11.5 Å². The van der Waals surface area contributed by atoms with E-state index < -0.39 is 0 Å². The number of hydrogen-bond donors (Lipinski definition) is 2. The molecule has 0 aliphatic carbocycles. The van der Waals surface area contributed by atoms with Gasteiger partial charge in [0.15, 0.2) is 11.5 Å². The maximum atomic E-state index is 11.7. The van der Waals surface area contributed by atoms with E-state index in [1.165, 1.54) is 0 Å². The van der Waals surface area contributed by atoms with Gasteiger partial charge in [0.25, 0.3) is 0 Å².